The highest BCUT2D eigenvalue weighted by molar-refractivity contribution is 4.98. The van der Waals surface area contributed by atoms with Crippen molar-refractivity contribution in [1.82, 2.24) is 0 Å². The van der Waals surface area contributed by atoms with E-state index in [4.69, 9.17) is 0 Å². The summed E-state index contributed by atoms with van der Waals surface area (Å²) in [4.78, 5) is 0. The molecule has 4 unspecified atom stereocenters. The summed E-state index contributed by atoms with van der Waals surface area (Å²) in [6.45, 7) is 6.23. The van der Waals surface area contributed by atoms with Gasteiger partial charge in [-0.1, -0.05) is 19.4 Å². The predicted octanol–water partition coefficient (Wildman–Crippen LogP) is 3.00. The second-order valence-electron chi connectivity index (χ2n) is 5.66. The molecule has 2 aliphatic rings. The van der Waals surface area contributed by atoms with E-state index in [0.717, 1.165) is 24.2 Å². The van der Waals surface area contributed by atoms with Gasteiger partial charge < -0.3 is 5.11 Å². The number of fused-ring (bicyclic) bond motifs is 2. The van der Waals surface area contributed by atoms with Crippen LogP contribution < -0.4 is 0 Å². The standard InChI is InChI=1S/C13H22O/c1-3-13(2,9-14)8-12-7-10-4-5-11(12)6-10/h3,10-12,14H,1,4-9H2,2H3. The Morgan fingerprint density at radius 3 is 2.64 bits per heavy atom. The molecular weight excluding hydrogens is 172 g/mol. The molecule has 2 saturated carbocycles. The summed E-state index contributed by atoms with van der Waals surface area (Å²) in [6, 6.07) is 0. The quantitative estimate of drug-likeness (QED) is 0.682. The summed E-state index contributed by atoms with van der Waals surface area (Å²) in [5, 5.41) is 9.34. The SMILES string of the molecule is C=CC(C)(CO)CC1CC2CCC1C2. The van der Waals surface area contributed by atoms with Crippen LogP contribution in [0.1, 0.15) is 39.0 Å². The lowest BCUT2D eigenvalue weighted by Gasteiger charge is -2.31. The highest BCUT2D eigenvalue weighted by Gasteiger charge is 2.41. The maximum atomic E-state index is 9.34. The Balaban J connectivity index is 1.94. The molecule has 0 saturated heterocycles. The molecule has 2 bridgehead atoms. The number of aliphatic hydroxyl groups excluding tert-OH is 1. The molecule has 0 spiro atoms. The van der Waals surface area contributed by atoms with Gasteiger partial charge in [-0.25, -0.2) is 0 Å². The number of rotatable bonds is 4. The van der Waals surface area contributed by atoms with Crippen LogP contribution in [-0.4, -0.2) is 11.7 Å². The lowest BCUT2D eigenvalue weighted by Crippen LogP contribution is -2.25. The zero-order valence-corrected chi connectivity index (χ0v) is 9.21. The van der Waals surface area contributed by atoms with E-state index in [0.29, 0.717) is 0 Å². The molecule has 2 fully saturated rings. The summed E-state index contributed by atoms with van der Waals surface area (Å²) in [7, 11) is 0. The Kier molecular flexibility index (Phi) is 2.70. The highest BCUT2D eigenvalue weighted by Crippen LogP contribution is 2.51. The third kappa shape index (κ3) is 1.75. The average molecular weight is 194 g/mol. The zero-order chi connectivity index (χ0) is 10.2. The molecule has 0 amide bonds. The first-order chi connectivity index (χ1) is 6.67. The molecule has 0 aromatic heterocycles. The van der Waals surface area contributed by atoms with Gasteiger partial charge in [0.25, 0.3) is 0 Å². The van der Waals surface area contributed by atoms with E-state index in [1.54, 1.807) is 0 Å². The van der Waals surface area contributed by atoms with Crippen molar-refractivity contribution >= 4 is 0 Å². The number of hydrogen-bond donors (Lipinski definition) is 1. The fourth-order valence-electron chi connectivity index (χ4n) is 3.44. The smallest absolute Gasteiger partial charge is 0.0519 e. The van der Waals surface area contributed by atoms with Crippen LogP contribution in [0, 0.1) is 23.2 Å². The molecule has 14 heavy (non-hydrogen) atoms. The van der Waals surface area contributed by atoms with Gasteiger partial charge in [-0.2, -0.15) is 0 Å². The topological polar surface area (TPSA) is 20.2 Å². The number of hydrogen-bond acceptors (Lipinski definition) is 1. The van der Waals surface area contributed by atoms with Crippen LogP contribution >= 0.6 is 0 Å². The molecule has 1 heteroatoms. The van der Waals surface area contributed by atoms with Crippen LogP contribution in [0.3, 0.4) is 0 Å². The van der Waals surface area contributed by atoms with Gasteiger partial charge in [0.1, 0.15) is 0 Å². The van der Waals surface area contributed by atoms with Crippen LogP contribution in [0.4, 0.5) is 0 Å². The van der Waals surface area contributed by atoms with Crippen LogP contribution in [-0.2, 0) is 0 Å². The van der Waals surface area contributed by atoms with Gasteiger partial charge in [0, 0.05) is 5.41 Å². The van der Waals surface area contributed by atoms with Crippen LogP contribution in [0.25, 0.3) is 0 Å². The lowest BCUT2D eigenvalue weighted by molar-refractivity contribution is 0.137. The molecular formula is C13H22O. The van der Waals surface area contributed by atoms with Gasteiger partial charge in [0.15, 0.2) is 0 Å². The second-order valence-corrected chi connectivity index (χ2v) is 5.66. The Hall–Kier alpha value is -0.300. The summed E-state index contributed by atoms with van der Waals surface area (Å²) >= 11 is 0. The van der Waals surface area contributed by atoms with Gasteiger partial charge in [-0.05, 0) is 43.4 Å². The van der Waals surface area contributed by atoms with Gasteiger partial charge in [-0.3, -0.25) is 0 Å². The molecule has 80 valence electrons. The van der Waals surface area contributed by atoms with Crippen LogP contribution in [0.2, 0.25) is 0 Å². The molecule has 2 rings (SSSR count). The first-order valence-electron chi connectivity index (χ1n) is 5.91. The number of aliphatic hydroxyl groups is 1. The minimum absolute atomic E-state index is 0.0326. The third-order valence-corrected chi connectivity index (χ3v) is 4.47. The van der Waals surface area contributed by atoms with E-state index in [9.17, 15) is 5.11 Å². The minimum atomic E-state index is -0.0326. The fourth-order valence-corrected chi connectivity index (χ4v) is 3.44. The lowest BCUT2D eigenvalue weighted by atomic mass is 9.75. The summed E-state index contributed by atoms with van der Waals surface area (Å²) in [5.41, 5.74) is -0.0326. The predicted molar refractivity (Wildman–Crippen MR) is 58.9 cm³/mol. The molecule has 4 atom stereocenters. The van der Waals surface area contributed by atoms with E-state index in [2.05, 4.69) is 13.5 Å². The Labute approximate surface area is 87.2 Å². The highest BCUT2D eigenvalue weighted by atomic mass is 16.3. The van der Waals surface area contributed by atoms with Crippen molar-refractivity contribution < 1.29 is 5.11 Å². The largest absolute Gasteiger partial charge is 0.395 e. The summed E-state index contributed by atoms with van der Waals surface area (Å²) < 4.78 is 0. The first kappa shape index (κ1) is 10.2. The van der Waals surface area contributed by atoms with E-state index < -0.39 is 0 Å². The van der Waals surface area contributed by atoms with Gasteiger partial charge in [0.2, 0.25) is 0 Å². The molecule has 0 radical (unpaired) electrons. The van der Waals surface area contributed by atoms with E-state index >= 15 is 0 Å². The minimum Gasteiger partial charge on any atom is -0.395 e. The molecule has 0 heterocycles. The average Bonchev–Trinajstić information content (AvgIpc) is 2.79. The van der Waals surface area contributed by atoms with Crippen LogP contribution in [0.15, 0.2) is 12.7 Å². The first-order valence-corrected chi connectivity index (χ1v) is 5.91. The van der Waals surface area contributed by atoms with E-state index in [1.807, 2.05) is 6.08 Å². The fraction of sp³-hybridized carbons (Fsp3) is 0.846. The zero-order valence-electron chi connectivity index (χ0n) is 9.21. The molecule has 0 aromatic rings. The van der Waals surface area contributed by atoms with Crippen molar-refractivity contribution in [3.63, 3.8) is 0 Å². The van der Waals surface area contributed by atoms with Gasteiger partial charge in [-0.15, -0.1) is 6.58 Å². The summed E-state index contributed by atoms with van der Waals surface area (Å²) in [6.07, 6.45) is 8.86. The van der Waals surface area contributed by atoms with E-state index in [1.165, 1.54) is 25.7 Å². The maximum absolute atomic E-state index is 9.34. The van der Waals surface area contributed by atoms with Crippen molar-refractivity contribution in [3.8, 4) is 0 Å². The van der Waals surface area contributed by atoms with Crippen molar-refractivity contribution in [2.75, 3.05) is 6.61 Å². The van der Waals surface area contributed by atoms with E-state index in [-0.39, 0.29) is 12.0 Å². The van der Waals surface area contributed by atoms with Gasteiger partial charge >= 0.3 is 0 Å². The van der Waals surface area contributed by atoms with Crippen molar-refractivity contribution in [2.45, 2.75) is 39.0 Å². The summed E-state index contributed by atoms with van der Waals surface area (Å²) in [5.74, 6) is 2.84. The molecule has 1 nitrogen and oxygen atoms in total. The van der Waals surface area contributed by atoms with Crippen LogP contribution in [0.5, 0.6) is 0 Å². The molecule has 2 aliphatic carbocycles. The third-order valence-electron chi connectivity index (χ3n) is 4.47. The maximum Gasteiger partial charge on any atom is 0.0519 e. The van der Waals surface area contributed by atoms with Gasteiger partial charge in [0.05, 0.1) is 6.61 Å². The second kappa shape index (κ2) is 3.69. The van der Waals surface area contributed by atoms with Crippen molar-refractivity contribution in [2.24, 2.45) is 23.2 Å². The van der Waals surface area contributed by atoms with Crippen molar-refractivity contribution in [1.29, 1.82) is 0 Å². The molecule has 1 N–H and O–H groups in total. The Bertz CT molecular complexity index is 223. The normalized spacial score (nSPS) is 39.7. The Morgan fingerprint density at radius 1 is 1.43 bits per heavy atom. The molecule has 0 aromatic carbocycles. The monoisotopic (exact) mass is 194 g/mol. The van der Waals surface area contributed by atoms with Crippen molar-refractivity contribution in [3.05, 3.63) is 12.7 Å². The Morgan fingerprint density at radius 2 is 2.21 bits per heavy atom. The molecule has 0 aliphatic heterocycles.